The minimum Gasteiger partial charge on any atom is -0.264 e. The molecule has 1 aliphatic carbocycles. The second-order valence-electron chi connectivity index (χ2n) is 4.57. The van der Waals surface area contributed by atoms with Gasteiger partial charge >= 0.3 is 0 Å². The number of benzene rings is 2. The van der Waals surface area contributed by atoms with Crippen molar-refractivity contribution in [3.05, 3.63) is 66.0 Å². The highest BCUT2D eigenvalue weighted by Crippen LogP contribution is 2.38. The summed E-state index contributed by atoms with van der Waals surface area (Å²) < 4.78 is 0. The Morgan fingerprint density at radius 2 is 1.76 bits per heavy atom. The predicted octanol–water partition coefficient (Wildman–Crippen LogP) is 3.81. The van der Waals surface area contributed by atoms with Crippen molar-refractivity contribution in [3.8, 4) is 11.1 Å². The van der Waals surface area contributed by atoms with E-state index in [9.17, 15) is 0 Å². The first-order chi connectivity index (χ1) is 8.42. The fraction of sp³-hybridized carbons (Fsp3) is 0.0625. The lowest BCUT2D eigenvalue weighted by Gasteiger charge is -2.03. The molecule has 4 rings (SSSR count). The maximum absolute atomic E-state index is 4.19. The number of pyridine rings is 1. The Kier molecular flexibility index (Phi) is 1.67. The van der Waals surface area contributed by atoms with E-state index < -0.39 is 0 Å². The molecule has 0 bridgehead atoms. The standard InChI is InChI=1S/C16H11N/c1-2-4-15-12(3-1)7-13-8-14-10-17-6-5-11(14)9-16(13)15/h1-6,8-10H,7H2. The highest BCUT2D eigenvalue weighted by molar-refractivity contribution is 5.91. The number of nitrogens with zero attached hydrogens (tertiary/aromatic N) is 1. The molecule has 17 heavy (non-hydrogen) atoms. The first-order valence-electron chi connectivity index (χ1n) is 5.87. The maximum atomic E-state index is 4.19. The lowest BCUT2D eigenvalue weighted by molar-refractivity contribution is 1.27. The molecular formula is C16H11N. The zero-order valence-electron chi connectivity index (χ0n) is 9.35. The van der Waals surface area contributed by atoms with Crippen LogP contribution in [0.5, 0.6) is 0 Å². The van der Waals surface area contributed by atoms with Crippen molar-refractivity contribution in [3.63, 3.8) is 0 Å². The van der Waals surface area contributed by atoms with Gasteiger partial charge in [0.05, 0.1) is 0 Å². The molecule has 0 aliphatic heterocycles. The van der Waals surface area contributed by atoms with E-state index in [4.69, 9.17) is 0 Å². The van der Waals surface area contributed by atoms with Crippen LogP contribution in [-0.4, -0.2) is 4.98 Å². The Morgan fingerprint density at radius 3 is 2.76 bits per heavy atom. The van der Waals surface area contributed by atoms with Gasteiger partial charge in [0.2, 0.25) is 0 Å². The molecule has 1 heterocycles. The predicted molar refractivity (Wildman–Crippen MR) is 70.0 cm³/mol. The van der Waals surface area contributed by atoms with Crippen LogP contribution in [0.1, 0.15) is 11.1 Å². The molecule has 0 radical (unpaired) electrons. The third kappa shape index (κ3) is 1.22. The van der Waals surface area contributed by atoms with Gasteiger partial charge in [0.15, 0.2) is 0 Å². The van der Waals surface area contributed by atoms with Crippen molar-refractivity contribution in [1.29, 1.82) is 0 Å². The Hall–Kier alpha value is -2.15. The van der Waals surface area contributed by atoms with Gasteiger partial charge in [-0.15, -0.1) is 0 Å². The smallest absolute Gasteiger partial charge is 0.0346 e. The number of hydrogen-bond donors (Lipinski definition) is 0. The molecule has 1 heteroatoms. The van der Waals surface area contributed by atoms with Crippen molar-refractivity contribution in [1.82, 2.24) is 4.98 Å². The highest BCUT2D eigenvalue weighted by Gasteiger charge is 2.17. The van der Waals surface area contributed by atoms with Crippen LogP contribution < -0.4 is 0 Å². The number of fused-ring (bicyclic) bond motifs is 4. The van der Waals surface area contributed by atoms with Crippen LogP contribution in [0.15, 0.2) is 54.9 Å². The summed E-state index contributed by atoms with van der Waals surface area (Å²) in [4.78, 5) is 4.19. The van der Waals surface area contributed by atoms with Gasteiger partial charge in [0.1, 0.15) is 0 Å². The molecule has 0 spiro atoms. The minimum atomic E-state index is 1.05. The number of rotatable bonds is 0. The van der Waals surface area contributed by atoms with Crippen molar-refractivity contribution >= 4 is 10.8 Å². The third-order valence-electron chi connectivity index (χ3n) is 3.55. The lowest BCUT2D eigenvalue weighted by atomic mass is 10.0. The van der Waals surface area contributed by atoms with Crippen molar-refractivity contribution in [2.75, 3.05) is 0 Å². The average Bonchev–Trinajstić information content (AvgIpc) is 2.73. The van der Waals surface area contributed by atoms with Gasteiger partial charge in [-0.1, -0.05) is 24.3 Å². The fourth-order valence-corrected chi connectivity index (χ4v) is 2.72. The molecule has 0 fully saturated rings. The van der Waals surface area contributed by atoms with Gasteiger partial charge < -0.3 is 0 Å². The SMILES string of the molecule is c1ccc2c(c1)Cc1cc3cnccc3cc1-2. The molecular weight excluding hydrogens is 206 g/mol. The van der Waals surface area contributed by atoms with Gasteiger partial charge in [-0.25, -0.2) is 0 Å². The van der Waals surface area contributed by atoms with E-state index in [2.05, 4.69) is 47.4 Å². The quantitative estimate of drug-likeness (QED) is 0.436. The molecule has 1 aliphatic rings. The van der Waals surface area contributed by atoms with E-state index in [0.29, 0.717) is 0 Å². The number of aromatic nitrogens is 1. The van der Waals surface area contributed by atoms with Crippen molar-refractivity contribution < 1.29 is 0 Å². The summed E-state index contributed by atoms with van der Waals surface area (Å²) in [5.41, 5.74) is 5.64. The van der Waals surface area contributed by atoms with E-state index in [1.807, 2.05) is 12.4 Å². The van der Waals surface area contributed by atoms with Crippen LogP contribution in [0, 0.1) is 0 Å². The van der Waals surface area contributed by atoms with Gasteiger partial charge in [-0.2, -0.15) is 0 Å². The Labute approximate surface area is 99.7 Å². The average molecular weight is 217 g/mol. The van der Waals surface area contributed by atoms with Crippen LogP contribution in [-0.2, 0) is 6.42 Å². The summed E-state index contributed by atoms with van der Waals surface area (Å²) in [6, 6.07) is 15.3. The monoisotopic (exact) mass is 217 g/mol. The number of hydrogen-bond acceptors (Lipinski definition) is 1. The second-order valence-corrected chi connectivity index (χ2v) is 4.57. The molecule has 0 amide bonds. The van der Waals surface area contributed by atoms with Crippen LogP contribution in [0.25, 0.3) is 21.9 Å². The van der Waals surface area contributed by atoms with Crippen LogP contribution in [0.3, 0.4) is 0 Å². The van der Waals surface area contributed by atoms with E-state index >= 15 is 0 Å². The van der Waals surface area contributed by atoms with Crippen LogP contribution >= 0.6 is 0 Å². The lowest BCUT2D eigenvalue weighted by Crippen LogP contribution is -1.82. The summed E-state index contributed by atoms with van der Waals surface area (Å²) in [6.45, 7) is 0. The molecule has 0 unspecified atom stereocenters. The Bertz CT molecular complexity index is 728. The molecule has 2 aromatic carbocycles. The van der Waals surface area contributed by atoms with Crippen LogP contribution in [0.4, 0.5) is 0 Å². The fourth-order valence-electron chi connectivity index (χ4n) is 2.72. The van der Waals surface area contributed by atoms with Crippen molar-refractivity contribution in [2.24, 2.45) is 0 Å². The van der Waals surface area contributed by atoms with E-state index in [-0.39, 0.29) is 0 Å². The minimum absolute atomic E-state index is 1.05. The van der Waals surface area contributed by atoms with Gasteiger partial charge in [-0.05, 0) is 52.3 Å². The zero-order chi connectivity index (χ0) is 11.2. The van der Waals surface area contributed by atoms with E-state index in [1.54, 1.807) is 0 Å². The van der Waals surface area contributed by atoms with Crippen molar-refractivity contribution in [2.45, 2.75) is 6.42 Å². The molecule has 0 N–H and O–H groups in total. The zero-order valence-corrected chi connectivity index (χ0v) is 9.35. The summed E-state index contributed by atoms with van der Waals surface area (Å²) in [5.74, 6) is 0. The molecule has 1 aromatic heterocycles. The largest absolute Gasteiger partial charge is 0.264 e. The molecule has 1 nitrogen and oxygen atoms in total. The molecule has 80 valence electrons. The normalized spacial score (nSPS) is 12.5. The maximum Gasteiger partial charge on any atom is 0.0346 e. The Balaban J connectivity index is 2.07. The van der Waals surface area contributed by atoms with E-state index in [0.717, 1.165) is 6.42 Å². The molecule has 0 atom stereocenters. The van der Waals surface area contributed by atoms with Crippen LogP contribution in [0.2, 0.25) is 0 Å². The third-order valence-corrected chi connectivity index (χ3v) is 3.55. The molecule has 3 aromatic rings. The summed E-state index contributed by atoms with van der Waals surface area (Å²) in [7, 11) is 0. The highest BCUT2D eigenvalue weighted by atomic mass is 14.6. The van der Waals surface area contributed by atoms with Gasteiger partial charge in [0.25, 0.3) is 0 Å². The molecule has 0 saturated carbocycles. The summed E-state index contributed by atoms with van der Waals surface area (Å²) in [6.07, 6.45) is 4.85. The van der Waals surface area contributed by atoms with Gasteiger partial charge in [0, 0.05) is 17.8 Å². The second kappa shape index (κ2) is 3.17. The van der Waals surface area contributed by atoms with Gasteiger partial charge in [-0.3, -0.25) is 4.98 Å². The first-order valence-corrected chi connectivity index (χ1v) is 5.87. The molecule has 0 saturated heterocycles. The topological polar surface area (TPSA) is 12.9 Å². The Morgan fingerprint density at radius 1 is 0.824 bits per heavy atom. The summed E-state index contributed by atoms with van der Waals surface area (Å²) >= 11 is 0. The van der Waals surface area contributed by atoms with E-state index in [1.165, 1.54) is 33.0 Å². The first kappa shape index (κ1) is 8.94. The summed E-state index contributed by atoms with van der Waals surface area (Å²) in [5, 5.41) is 2.51.